The molecule has 0 aromatic carbocycles. The minimum atomic E-state index is -0.197. The van der Waals surface area contributed by atoms with Crippen LogP contribution in [0.1, 0.15) is 52.1 Å². The second-order valence-electron chi connectivity index (χ2n) is 8.14. The van der Waals surface area contributed by atoms with Crippen molar-refractivity contribution in [2.75, 3.05) is 18.4 Å². The number of likely N-dealkylation sites (tertiary alicyclic amines) is 1. The summed E-state index contributed by atoms with van der Waals surface area (Å²) in [6.45, 7) is 9.44. The molecular weight excluding hydrogens is 304 g/mol. The second kappa shape index (κ2) is 6.22. The van der Waals surface area contributed by atoms with Crippen LogP contribution in [0.25, 0.3) is 0 Å². The first-order valence-corrected chi connectivity index (χ1v) is 8.92. The van der Waals surface area contributed by atoms with E-state index in [4.69, 9.17) is 0 Å². The standard InChI is InChI=1S/C18H28N4O2/c1-12-10-15(22(20-12)18(2,3)4)19-16(23)14-6-5-9-21(11-14)17(24)13-7-8-13/h10,13-14H,5-9,11H2,1-4H3,(H,19,23)/t14-/m1/s1. The SMILES string of the molecule is Cc1cc(NC(=O)[C@@H]2CCCN(C(=O)C3CC3)C2)n(C(C)(C)C)n1. The molecule has 2 amide bonds. The van der Waals surface area contributed by atoms with Crippen molar-refractivity contribution in [2.24, 2.45) is 11.8 Å². The van der Waals surface area contributed by atoms with Crippen molar-refractivity contribution < 1.29 is 9.59 Å². The first kappa shape index (κ1) is 17.0. The minimum absolute atomic E-state index is 0.00584. The van der Waals surface area contributed by atoms with Crippen LogP contribution in [0.5, 0.6) is 0 Å². The maximum Gasteiger partial charge on any atom is 0.230 e. The van der Waals surface area contributed by atoms with Crippen molar-refractivity contribution in [3.8, 4) is 0 Å². The molecule has 1 aromatic rings. The fraction of sp³-hybridized carbons (Fsp3) is 0.722. The molecule has 24 heavy (non-hydrogen) atoms. The van der Waals surface area contributed by atoms with Crippen LogP contribution >= 0.6 is 0 Å². The van der Waals surface area contributed by atoms with Gasteiger partial charge in [0.25, 0.3) is 0 Å². The molecule has 1 atom stereocenters. The molecule has 2 fully saturated rings. The number of aryl methyl sites for hydroxylation is 1. The Balaban J connectivity index is 1.67. The summed E-state index contributed by atoms with van der Waals surface area (Å²) in [4.78, 5) is 26.9. The lowest BCUT2D eigenvalue weighted by molar-refractivity contribution is -0.135. The van der Waals surface area contributed by atoms with E-state index in [0.717, 1.165) is 43.7 Å². The summed E-state index contributed by atoms with van der Waals surface area (Å²) in [5.74, 6) is 1.05. The van der Waals surface area contributed by atoms with Crippen molar-refractivity contribution in [3.05, 3.63) is 11.8 Å². The van der Waals surface area contributed by atoms with Crippen molar-refractivity contribution in [1.82, 2.24) is 14.7 Å². The number of rotatable bonds is 3. The molecule has 1 N–H and O–H groups in total. The Morgan fingerprint density at radius 3 is 2.54 bits per heavy atom. The zero-order chi connectivity index (χ0) is 17.5. The molecule has 1 saturated heterocycles. The van der Waals surface area contributed by atoms with E-state index in [9.17, 15) is 9.59 Å². The first-order chi connectivity index (χ1) is 11.3. The Bertz CT molecular complexity index is 640. The van der Waals surface area contributed by atoms with Gasteiger partial charge in [-0.15, -0.1) is 0 Å². The highest BCUT2D eigenvalue weighted by Crippen LogP contribution is 2.32. The molecule has 132 valence electrons. The third-order valence-corrected chi connectivity index (χ3v) is 4.75. The van der Waals surface area contributed by atoms with Crippen LogP contribution in [0, 0.1) is 18.8 Å². The van der Waals surface area contributed by atoms with Gasteiger partial charge in [0.05, 0.1) is 17.2 Å². The number of nitrogens with one attached hydrogen (secondary N) is 1. The van der Waals surface area contributed by atoms with Crippen LogP contribution in [0.3, 0.4) is 0 Å². The Hall–Kier alpha value is -1.85. The molecule has 2 heterocycles. The molecule has 1 aliphatic heterocycles. The molecule has 1 aliphatic carbocycles. The summed E-state index contributed by atoms with van der Waals surface area (Å²) >= 11 is 0. The van der Waals surface area contributed by atoms with E-state index in [1.54, 1.807) is 0 Å². The number of piperidine rings is 1. The Morgan fingerprint density at radius 1 is 1.21 bits per heavy atom. The van der Waals surface area contributed by atoms with E-state index < -0.39 is 0 Å². The number of amides is 2. The zero-order valence-corrected chi connectivity index (χ0v) is 15.1. The fourth-order valence-electron chi connectivity index (χ4n) is 3.31. The quantitative estimate of drug-likeness (QED) is 0.925. The van der Waals surface area contributed by atoms with E-state index in [0.29, 0.717) is 6.54 Å². The number of aromatic nitrogens is 2. The van der Waals surface area contributed by atoms with E-state index in [1.807, 2.05) is 22.6 Å². The second-order valence-corrected chi connectivity index (χ2v) is 8.14. The van der Waals surface area contributed by atoms with Gasteiger partial charge in [0.1, 0.15) is 5.82 Å². The average molecular weight is 332 g/mol. The molecule has 0 unspecified atom stereocenters. The lowest BCUT2D eigenvalue weighted by Crippen LogP contribution is -2.44. The minimum Gasteiger partial charge on any atom is -0.342 e. The van der Waals surface area contributed by atoms with Gasteiger partial charge >= 0.3 is 0 Å². The summed E-state index contributed by atoms with van der Waals surface area (Å²) in [5, 5.41) is 7.53. The Labute approximate surface area is 143 Å². The van der Waals surface area contributed by atoms with Crippen molar-refractivity contribution in [3.63, 3.8) is 0 Å². The van der Waals surface area contributed by atoms with E-state index in [2.05, 4.69) is 31.2 Å². The van der Waals surface area contributed by atoms with Gasteiger partial charge in [0.15, 0.2) is 0 Å². The van der Waals surface area contributed by atoms with Gasteiger partial charge < -0.3 is 10.2 Å². The van der Waals surface area contributed by atoms with Gasteiger partial charge in [0, 0.05) is 25.1 Å². The van der Waals surface area contributed by atoms with Crippen LogP contribution in [-0.4, -0.2) is 39.6 Å². The predicted octanol–water partition coefficient (Wildman–Crippen LogP) is 2.53. The number of carbonyl (C=O) groups is 2. The largest absolute Gasteiger partial charge is 0.342 e. The summed E-state index contributed by atoms with van der Waals surface area (Å²) in [6.07, 6.45) is 3.75. The van der Waals surface area contributed by atoms with Crippen LogP contribution in [0.2, 0.25) is 0 Å². The highest BCUT2D eigenvalue weighted by molar-refractivity contribution is 5.92. The lowest BCUT2D eigenvalue weighted by atomic mass is 9.96. The molecule has 6 heteroatoms. The van der Waals surface area contributed by atoms with Crippen LogP contribution < -0.4 is 5.32 Å². The van der Waals surface area contributed by atoms with Gasteiger partial charge in [-0.2, -0.15) is 5.10 Å². The smallest absolute Gasteiger partial charge is 0.230 e. The molecule has 0 radical (unpaired) electrons. The number of hydrogen-bond donors (Lipinski definition) is 1. The normalized spacial score (nSPS) is 21.7. The maximum atomic E-state index is 12.7. The predicted molar refractivity (Wildman–Crippen MR) is 92.6 cm³/mol. The summed E-state index contributed by atoms with van der Waals surface area (Å²) in [7, 11) is 0. The number of hydrogen-bond acceptors (Lipinski definition) is 3. The van der Waals surface area contributed by atoms with Crippen LogP contribution in [0.15, 0.2) is 6.07 Å². The van der Waals surface area contributed by atoms with Crippen molar-refractivity contribution >= 4 is 17.6 Å². The van der Waals surface area contributed by atoms with E-state index in [-0.39, 0.29) is 29.2 Å². The number of anilines is 1. The van der Waals surface area contributed by atoms with Gasteiger partial charge in [-0.05, 0) is 53.4 Å². The van der Waals surface area contributed by atoms with Gasteiger partial charge in [-0.3, -0.25) is 9.59 Å². The zero-order valence-electron chi connectivity index (χ0n) is 15.1. The first-order valence-electron chi connectivity index (χ1n) is 8.92. The third kappa shape index (κ3) is 3.62. The molecule has 6 nitrogen and oxygen atoms in total. The molecule has 3 rings (SSSR count). The Kier molecular flexibility index (Phi) is 4.40. The van der Waals surface area contributed by atoms with E-state index >= 15 is 0 Å². The van der Waals surface area contributed by atoms with Crippen molar-refractivity contribution in [1.29, 1.82) is 0 Å². The van der Waals surface area contributed by atoms with Gasteiger partial charge in [0.2, 0.25) is 11.8 Å². The fourth-order valence-corrected chi connectivity index (χ4v) is 3.31. The number of carbonyl (C=O) groups excluding carboxylic acids is 2. The molecule has 2 aliphatic rings. The monoisotopic (exact) mass is 332 g/mol. The molecule has 1 aromatic heterocycles. The van der Waals surface area contributed by atoms with Gasteiger partial charge in [-0.1, -0.05) is 0 Å². The number of nitrogens with zero attached hydrogens (tertiary/aromatic N) is 3. The molecule has 0 bridgehead atoms. The topological polar surface area (TPSA) is 67.2 Å². The third-order valence-electron chi connectivity index (χ3n) is 4.75. The molecular formula is C18H28N4O2. The average Bonchev–Trinajstić information content (AvgIpc) is 3.29. The van der Waals surface area contributed by atoms with E-state index in [1.165, 1.54) is 0 Å². The van der Waals surface area contributed by atoms with Crippen molar-refractivity contribution in [2.45, 2.75) is 58.9 Å². The summed E-state index contributed by atoms with van der Waals surface area (Å²) in [5.41, 5.74) is 0.687. The van der Waals surface area contributed by atoms with Gasteiger partial charge in [-0.25, -0.2) is 4.68 Å². The highest BCUT2D eigenvalue weighted by atomic mass is 16.2. The maximum absolute atomic E-state index is 12.7. The van der Waals surface area contributed by atoms with Crippen LogP contribution in [0.4, 0.5) is 5.82 Å². The molecule has 0 spiro atoms. The lowest BCUT2D eigenvalue weighted by Gasteiger charge is -2.32. The summed E-state index contributed by atoms with van der Waals surface area (Å²) in [6, 6.07) is 1.90. The summed E-state index contributed by atoms with van der Waals surface area (Å²) < 4.78 is 1.86. The highest BCUT2D eigenvalue weighted by Gasteiger charge is 2.37. The van der Waals surface area contributed by atoms with Crippen LogP contribution in [-0.2, 0) is 15.1 Å². The Morgan fingerprint density at radius 2 is 1.92 bits per heavy atom. The molecule has 1 saturated carbocycles.